The highest BCUT2D eigenvalue weighted by molar-refractivity contribution is 6.32. The topological polar surface area (TPSA) is 113 Å². The number of hydrogen-bond acceptors (Lipinski definition) is 7. The minimum absolute atomic E-state index is 0.0413. The number of nitro groups is 1. The molecule has 0 unspecified atom stereocenters. The number of para-hydroxylation sites is 2. The molecular weight excluding hydrogens is 460 g/mol. The Labute approximate surface area is 196 Å². The van der Waals surface area contributed by atoms with Crippen molar-refractivity contribution in [2.75, 3.05) is 7.11 Å². The average molecular weight is 475 g/mol. The van der Waals surface area contributed by atoms with E-state index in [0.717, 1.165) is 10.1 Å². The summed E-state index contributed by atoms with van der Waals surface area (Å²) in [5, 5.41) is 17.0. The summed E-state index contributed by atoms with van der Waals surface area (Å²) in [6, 6.07) is 18.8. The fraction of sp³-hybridized carbons (Fsp3) is 0.0417. The van der Waals surface area contributed by atoms with E-state index in [1.807, 2.05) is 24.3 Å². The number of methoxy groups -OCH3 is 1. The third kappa shape index (κ3) is 3.67. The minimum atomic E-state index is -0.606. The molecule has 5 aromatic rings. The van der Waals surface area contributed by atoms with Crippen LogP contribution in [0.2, 0.25) is 5.02 Å². The van der Waals surface area contributed by atoms with Crippen molar-refractivity contribution in [3.63, 3.8) is 0 Å². The summed E-state index contributed by atoms with van der Waals surface area (Å²) in [6.07, 6.45) is 1.29. The van der Waals surface area contributed by atoms with Gasteiger partial charge in [-0.25, -0.2) is 4.98 Å². The van der Waals surface area contributed by atoms with Crippen LogP contribution in [0.5, 0.6) is 5.75 Å². The van der Waals surface area contributed by atoms with Gasteiger partial charge in [0.1, 0.15) is 5.58 Å². The number of fused-ring (bicyclic) bond motifs is 2. The second-order valence-corrected chi connectivity index (χ2v) is 7.68. The zero-order chi connectivity index (χ0) is 23.8. The van der Waals surface area contributed by atoms with E-state index in [0.29, 0.717) is 27.8 Å². The highest BCUT2D eigenvalue weighted by Gasteiger charge is 2.20. The average Bonchev–Trinajstić information content (AvgIpc) is 3.27. The predicted octanol–water partition coefficient (Wildman–Crippen LogP) is 5.26. The molecule has 5 rings (SSSR count). The molecule has 2 aromatic heterocycles. The molecule has 34 heavy (non-hydrogen) atoms. The lowest BCUT2D eigenvalue weighted by atomic mass is 10.2. The lowest BCUT2D eigenvalue weighted by molar-refractivity contribution is -0.385. The maximum Gasteiger partial charge on any atom is 0.313 e. The number of nitro benzene ring substituents is 1. The van der Waals surface area contributed by atoms with Crippen molar-refractivity contribution < 1.29 is 14.1 Å². The van der Waals surface area contributed by atoms with Crippen molar-refractivity contribution >= 4 is 45.4 Å². The summed E-state index contributed by atoms with van der Waals surface area (Å²) < 4.78 is 12.1. The molecule has 0 spiro atoms. The first-order valence-electron chi connectivity index (χ1n) is 10.0. The van der Waals surface area contributed by atoms with Crippen molar-refractivity contribution in [3.05, 3.63) is 97.8 Å². The zero-order valence-electron chi connectivity index (χ0n) is 17.6. The Bertz CT molecular complexity index is 1640. The van der Waals surface area contributed by atoms with E-state index >= 15 is 0 Å². The van der Waals surface area contributed by atoms with Crippen LogP contribution < -0.4 is 10.3 Å². The van der Waals surface area contributed by atoms with E-state index in [9.17, 15) is 14.9 Å². The van der Waals surface area contributed by atoms with Crippen molar-refractivity contribution in [1.82, 2.24) is 9.66 Å². The van der Waals surface area contributed by atoms with Gasteiger partial charge in [-0.1, -0.05) is 41.9 Å². The molecule has 9 nitrogen and oxygen atoms in total. The number of furan rings is 1. The zero-order valence-corrected chi connectivity index (χ0v) is 18.4. The fourth-order valence-corrected chi connectivity index (χ4v) is 3.92. The number of benzene rings is 3. The molecule has 10 heteroatoms. The number of ether oxygens (including phenoxy) is 1. The van der Waals surface area contributed by atoms with E-state index in [1.54, 1.807) is 30.3 Å². The van der Waals surface area contributed by atoms with Gasteiger partial charge in [-0.15, -0.1) is 0 Å². The van der Waals surface area contributed by atoms with Gasteiger partial charge < -0.3 is 9.15 Å². The van der Waals surface area contributed by atoms with E-state index < -0.39 is 10.5 Å². The summed E-state index contributed by atoms with van der Waals surface area (Å²) in [7, 11) is 1.29. The van der Waals surface area contributed by atoms with Gasteiger partial charge in [0.05, 0.1) is 34.2 Å². The van der Waals surface area contributed by atoms with Crippen LogP contribution in [0.15, 0.2) is 81.0 Å². The molecule has 0 fully saturated rings. The number of halogens is 1. The molecule has 0 N–H and O–H groups in total. The van der Waals surface area contributed by atoms with Crippen LogP contribution in [0.25, 0.3) is 33.5 Å². The van der Waals surface area contributed by atoms with E-state index in [-0.39, 0.29) is 22.3 Å². The van der Waals surface area contributed by atoms with Crippen molar-refractivity contribution in [2.45, 2.75) is 0 Å². The molecule has 168 valence electrons. The molecule has 0 bridgehead atoms. The van der Waals surface area contributed by atoms with E-state index in [1.165, 1.54) is 25.5 Å². The van der Waals surface area contributed by atoms with Crippen molar-refractivity contribution in [1.29, 1.82) is 0 Å². The van der Waals surface area contributed by atoms with Crippen LogP contribution >= 0.6 is 11.6 Å². The lowest BCUT2D eigenvalue weighted by Crippen LogP contribution is -2.20. The van der Waals surface area contributed by atoms with Crippen LogP contribution in [-0.2, 0) is 0 Å². The Morgan fingerprint density at radius 2 is 1.91 bits per heavy atom. The van der Waals surface area contributed by atoms with Crippen molar-refractivity contribution in [3.8, 4) is 17.3 Å². The quantitative estimate of drug-likeness (QED) is 0.195. The smallest absolute Gasteiger partial charge is 0.313 e. The Balaban J connectivity index is 1.71. The number of rotatable bonds is 5. The minimum Gasteiger partial charge on any atom is -0.489 e. The van der Waals surface area contributed by atoms with Crippen LogP contribution in [0.4, 0.5) is 5.69 Å². The van der Waals surface area contributed by atoms with Crippen molar-refractivity contribution in [2.24, 2.45) is 5.10 Å². The van der Waals surface area contributed by atoms with Gasteiger partial charge in [0.2, 0.25) is 11.6 Å². The third-order valence-corrected chi connectivity index (χ3v) is 5.45. The SMILES string of the molecule is COc1c(Cl)cc(C=Nn2c(-c3cc4ccccc4o3)nc3ccccc3c2=O)cc1[N+](=O)[O-]. The van der Waals surface area contributed by atoms with E-state index in [4.69, 9.17) is 20.8 Å². The first-order chi connectivity index (χ1) is 16.5. The molecule has 0 radical (unpaired) electrons. The first-order valence-corrected chi connectivity index (χ1v) is 10.4. The lowest BCUT2D eigenvalue weighted by Gasteiger charge is -2.08. The highest BCUT2D eigenvalue weighted by Crippen LogP contribution is 2.35. The normalized spacial score (nSPS) is 11.5. The maximum absolute atomic E-state index is 13.3. The molecular formula is C24H15ClN4O5. The molecule has 0 aliphatic rings. The van der Waals surface area contributed by atoms with Gasteiger partial charge in [0.25, 0.3) is 5.56 Å². The Morgan fingerprint density at radius 1 is 1.15 bits per heavy atom. The molecule has 0 aliphatic carbocycles. The fourth-order valence-electron chi connectivity index (χ4n) is 3.62. The van der Waals surface area contributed by atoms with Gasteiger partial charge in [-0.2, -0.15) is 9.78 Å². The molecule has 0 aliphatic heterocycles. The second-order valence-electron chi connectivity index (χ2n) is 7.27. The van der Waals surface area contributed by atoms with Gasteiger partial charge >= 0.3 is 5.69 Å². The summed E-state index contributed by atoms with van der Waals surface area (Å²) >= 11 is 6.16. The number of nitrogens with zero attached hydrogens (tertiary/aromatic N) is 4. The van der Waals surface area contributed by atoms with E-state index in [2.05, 4.69) is 10.1 Å². The largest absolute Gasteiger partial charge is 0.489 e. The third-order valence-electron chi connectivity index (χ3n) is 5.17. The number of aromatic nitrogens is 2. The monoisotopic (exact) mass is 474 g/mol. The molecule has 0 saturated heterocycles. The standard InChI is InChI=1S/C24H15ClN4O5/c1-33-22-17(25)10-14(11-19(22)29(31)32)13-26-28-23(21-12-15-6-2-5-9-20(15)34-21)27-18-8-4-3-7-16(18)24(28)30/h2-13H,1H3. The summed E-state index contributed by atoms with van der Waals surface area (Å²) in [6.45, 7) is 0. The van der Waals surface area contributed by atoms with Crippen LogP contribution in [0.1, 0.15) is 5.56 Å². The van der Waals surface area contributed by atoms with Gasteiger partial charge in [-0.05, 0) is 30.3 Å². The van der Waals surface area contributed by atoms with Crippen LogP contribution in [0.3, 0.4) is 0 Å². The molecule has 2 heterocycles. The first kappa shape index (κ1) is 21.4. The number of hydrogen-bond donors (Lipinski definition) is 0. The Hall–Kier alpha value is -4.50. The summed E-state index contributed by atoms with van der Waals surface area (Å²) in [5.74, 6) is 0.474. The molecule has 0 saturated carbocycles. The predicted molar refractivity (Wildman–Crippen MR) is 129 cm³/mol. The highest BCUT2D eigenvalue weighted by atomic mass is 35.5. The summed E-state index contributed by atoms with van der Waals surface area (Å²) in [5.41, 5.74) is 0.669. The van der Waals surface area contributed by atoms with Gasteiger partial charge in [0.15, 0.2) is 5.76 Å². The van der Waals surface area contributed by atoms with Gasteiger partial charge in [0, 0.05) is 17.0 Å². The Kier molecular flexibility index (Phi) is 5.31. The molecule has 3 aromatic carbocycles. The maximum atomic E-state index is 13.3. The summed E-state index contributed by atoms with van der Waals surface area (Å²) in [4.78, 5) is 28.7. The molecule has 0 amide bonds. The molecule has 0 atom stereocenters. The second kappa shape index (κ2) is 8.45. The Morgan fingerprint density at radius 3 is 2.68 bits per heavy atom. The van der Waals surface area contributed by atoms with Gasteiger partial charge in [-0.3, -0.25) is 14.9 Å². The van der Waals surface area contributed by atoms with Crippen LogP contribution in [0, 0.1) is 10.1 Å². The van der Waals surface area contributed by atoms with Crippen LogP contribution in [-0.4, -0.2) is 27.9 Å².